The van der Waals surface area contributed by atoms with Crippen LogP contribution in [0.25, 0.3) is 0 Å². The first-order chi connectivity index (χ1) is 6.31. The average molecular weight is 178 g/mol. The largest absolute Gasteiger partial charge is 0.506 e. The van der Waals surface area contributed by atoms with Crippen molar-refractivity contribution in [3.05, 3.63) is 23.8 Å². The Balaban J connectivity index is 2.32. The molecule has 1 aliphatic heterocycles. The Morgan fingerprint density at radius 2 is 2.38 bits per heavy atom. The quantitative estimate of drug-likeness (QED) is 0.564. The fraction of sp³-hybridized carbons (Fsp3) is 0.400. The molecule has 1 aromatic rings. The summed E-state index contributed by atoms with van der Waals surface area (Å²) in [6, 6.07) is 5.92. The first-order valence-electron chi connectivity index (χ1n) is 4.58. The Kier molecular flexibility index (Phi) is 2.10. The van der Waals surface area contributed by atoms with Gasteiger partial charge in [0, 0.05) is 12.6 Å². The van der Waals surface area contributed by atoms with Crippen molar-refractivity contribution in [2.45, 2.75) is 18.9 Å². The summed E-state index contributed by atoms with van der Waals surface area (Å²) in [7, 11) is 0. The molecule has 1 heterocycles. The first-order valence-corrected chi connectivity index (χ1v) is 4.58. The zero-order valence-electron chi connectivity index (χ0n) is 7.46. The van der Waals surface area contributed by atoms with Gasteiger partial charge in [-0.15, -0.1) is 0 Å². The van der Waals surface area contributed by atoms with Gasteiger partial charge in [0.05, 0.1) is 5.69 Å². The molecule has 0 fully saturated rings. The molecule has 0 saturated carbocycles. The number of aryl methyl sites for hydroxylation is 1. The minimum atomic E-state index is 0.306. The van der Waals surface area contributed by atoms with Gasteiger partial charge in [0.1, 0.15) is 5.75 Å². The number of fused-ring (bicyclic) bond motifs is 1. The van der Waals surface area contributed by atoms with E-state index in [9.17, 15) is 5.11 Å². The summed E-state index contributed by atoms with van der Waals surface area (Å²) in [5.74, 6) is 0.329. The van der Waals surface area contributed by atoms with Crippen LogP contribution in [0.5, 0.6) is 5.75 Å². The molecule has 0 saturated heterocycles. The highest BCUT2D eigenvalue weighted by Gasteiger charge is 2.18. The predicted octanol–water partition coefficient (Wildman–Crippen LogP) is 1.08. The number of para-hydroxylation sites is 1. The Labute approximate surface area is 77.6 Å². The third kappa shape index (κ3) is 1.47. The lowest BCUT2D eigenvalue weighted by atomic mass is 9.98. The molecule has 0 aromatic heterocycles. The second-order valence-corrected chi connectivity index (χ2v) is 3.43. The van der Waals surface area contributed by atoms with Gasteiger partial charge in [0.2, 0.25) is 0 Å². The topological polar surface area (TPSA) is 58.3 Å². The number of hydrogen-bond acceptors (Lipinski definition) is 3. The molecule has 2 rings (SSSR count). The lowest BCUT2D eigenvalue weighted by molar-refractivity contribution is 0.472. The van der Waals surface area contributed by atoms with Gasteiger partial charge in [-0.2, -0.15) is 0 Å². The van der Waals surface area contributed by atoms with Gasteiger partial charge in [0.25, 0.3) is 0 Å². The van der Waals surface area contributed by atoms with Gasteiger partial charge in [-0.3, -0.25) is 0 Å². The van der Waals surface area contributed by atoms with Gasteiger partial charge < -0.3 is 16.2 Å². The third-order valence-corrected chi connectivity index (χ3v) is 2.52. The lowest BCUT2D eigenvalue weighted by Crippen LogP contribution is -2.32. The molecule has 13 heavy (non-hydrogen) atoms. The van der Waals surface area contributed by atoms with Crippen LogP contribution in [-0.2, 0) is 6.42 Å². The summed E-state index contributed by atoms with van der Waals surface area (Å²) in [4.78, 5) is 0. The molecule has 0 aliphatic carbocycles. The molecular weight excluding hydrogens is 164 g/mol. The number of phenolic OH excluding ortho intramolecular Hbond substituents is 1. The first kappa shape index (κ1) is 8.38. The standard InChI is InChI=1S/C10H14N2O/c11-6-8-5-4-7-2-1-3-9(13)10(7)12-8/h1-3,8,12-13H,4-6,11H2. The van der Waals surface area contributed by atoms with Crippen molar-refractivity contribution in [1.29, 1.82) is 0 Å². The Hall–Kier alpha value is -1.22. The summed E-state index contributed by atoms with van der Waals surface area (Å²) >= 11 is 0. The van der Waals surface area contributed by atoms with Crippen LogP contribution in [0, 0.1) is 0 Å². The molecule has 0 radical (unpaired) electrons. The number of rotatable bonds is 1. The van der Waals surface area contributed by atoms with Crippen molar-refractivity contribution in [3.63, 3.8) is 0 Å². The maximum Gasteiger partial charge on any atom is 0.138 e. The van der Waals surface area contributed by atoms with Gasteiger partial charge in [-0.25, -0.2) is 0 Å². The minimum Gasteiger partial charge on any atom is -0.506 e. The van der Waals surface area contributed by atoms with Crippen LogP contribution in [0.3, 0.4) is 0 Å². The van der Waals surface area contributed by atoms with E-state index in [-0.39, 0.29) is 0 Å². The predicted molar refractivity (Wildman–Crippen MR) is 52.9 cm³/mol. The number of anilines is 1. The van der Waals surface area contributed by atoms with Crippen LogP contribution in [-0.4, -0.2) is 17.7 Å². The Morgan fingerprint density at radius 1 is 1.54 bits per heavy atom. The summed E-state index contributed by atoms with van der Waals surface area (Å²) in [6.07, 6.45) is 2.05. The smallest absolute Gasteiger partial charge is 0.138 e. The van der Waals surface area contributed by atoms with Gasteiger partial charge >= 0.3 is 0 Å². The molecule has 1 unspecified atom stereocenters. The highest BCUT2D eigenvalue weighted by Crippen LogP contribution is 2.32. The van der Waals surface area contributed by atoms with E-state index in [2.05, 4.69) is 5.32 Å². The molecule has 0 bridgehead atoms. The summed E-state index contributed by atoms with van der Waals surface area (Å²) in [5, 5.41) is 12.8. The van der Waals surface area contributed by atoms with E-state index >= 15 is 0 Å². The summed E-state index contributed by atoms with van der Waals surface area (Å²) in [5.41, 5.74) is 7.62. The fourth-order valence-corrected chi connectivity index (χ4v) is 1.74. The molecule has 1 atom stereocenters. The van der Waals surface area contributed by atoms with Crippen molar-refractivity contribution < 1.29 is 5.11 Å². The molecule has 1 aliphatic rings. The molecule has 0 amide bonds. The van der Waals surface area contributed by atoms with Crippen molar-refractivity contribution in [2.24, 2.45) is 5.73 Å². The van der Waals surface area contributed by atoms with E-state index in [4.69, 9.17) is 5.73 Å². The van der Waals surface area contributed by atoms with Gasteiger partial charge in [-0.1, -0.05) is 12.1 Å². The fourth-order valence-electron chi connectivity index (χ4n) is 1.74. The zero-order valence-corrected chi connectivity index (χ0v) is 7.46. The molecule has 3 heteroatoms. The number of aromatic hydroxyl groups is 1. The SMILES string of the molecule is NCC1CCc2cccc(O)c2N1. The maximum atomic E-state index is 9.57. The van der Waals surface area contributed by atoms with Crippen LogP contribution in [0.15, 0.2) is 18.2 Å². The second kappa shape index (κ2) is 3.26. The van der Waals surface area contributed by atoms with E-state index in [0.717, 1.165) is 18.5 Å². The van der Waals surface area contributed by atoms with E-state index < -0.39 is 0 Å². The number of phenols is 1. The molecule has 0 spiro atoms. The highest BCUT2D eigenvalue weighted by molar-refractivity contribution is 5.63. The highest BCUT2D eigenvalue weighted by atomic mass is 16.3. The molecule has 4 N–H and O–H groups in total. The number of benzene rings is 1. The maximum absolute atomic E-state index is 9.57. The number of nitrogens with two attached hydrogens (primary N) is 1. The summed E-state index contributed by atoms with van der Waals surface area (Å²) < 4.78 is 0. The monoisotopic (exact) mass is 178 g/mol. The van der Waals surface area contributed by atoms with Crippen molar-refractivity contribution in [2.75, 3.05) is 11.9 Å². The number of hydrogen-bond donors (Lipinski definition) is 3. The molecule has 70 valence electrons. The van der Waals surface area contributed by atoms with Crippen LogP contribution >= 0.6 is 0 Å². The van der Waals surface area contributed by atoms with Crippen LogP contribution in [0.2, 0.25) is 0 Å². The van der Waals surface area contributed by atoms with Crippen molar-refractivity contribution in [3.8, 4) is 5.75 Å². The Morgan fingerprint density at radius 3 is 3.15 bits per heavy atom. The normalized spacial score (nSPS) is 20.5. The molecule has 3 nitrogen and oxygen atoms in total. The molecular formula is C10H14N2O. The van der Waals surface area contributed by atoms with E-state index in [0.29, 0.717) is 18.3 Å². The van der Waals surface area contributed by atoms with Crippen LogP contribution < -0.4 is 11.1 Å². The van der Waals surface area contributed by atoms with Crippen molar-refractivity contribution in [1.82, 2.24) is 0 Å². The van der Waals surface area contributed by atoms with E-state index in [1.807, 2.05) is 12.1 Å². The van der Waals surface area contributed by atoms with E-state index in [1.54, 1.807) is 6.07 Å². The Bertz CT molecular complexity index is 312. The average Bonchev–Trinajstić information content (AvgIpc) is 2.18. The number of nitrogens with one attached hydrogen (secondary N) is 1. The molecule has 1 aromatic carbocycles. The van der Waals surface area contributed by atoms with Crippen LogP contribution in [0.4, 0.5) is 5.69 Å². The van der Waals surface area contributed by atoms with Gasteiger partial charge in [-0.05, 0) is 24.5 Å². The third-order valence-electron chi connectivity index (χ3n) is 2.52. The summed E-state index contributed by atoms with van der Waals surface area (Å²) in [6.45, 7) is 0.619. The van der Waals surface area contributed by atoms with Crippen LogP contribution in [0.1, 0.15) is 12.0 Å². The minimum absolute atomic E-state index is 0.306. The zero-order chi connectivity index (χ0) is 9.26. The van der Waals surface area contributed by atoms with E-state index in [1.165, 1.54) is 5.56 Å². The van der Waals surface area contributed by atoms with Crippen molar-refractivity contribution >= 4 is 5.69 Å². The lowest BCUT2D eigenvalue weighted by Gasteiger charge is -2.26. The second-order valence-electron chi connectivity index (χ2n) is 3.43. The van der Waals surface area contributed by atoms with Gasteiger partial charge in [0.15, 0.2) is 0 Å².